The second-order valence-electron chi connectivity index (χ2n) is 6.04. The lowest BCUT2D eigenvalue weighted by atomic mass is 9.94. The van der Waals surface area contributed by atoms with E-state index in [2.05, 4.69) is 0 Å². The highest BCUT2D eigenvalue weighted by molar-refractivity contribution is 5.97. The molecule has 0 radical (unpaired) electrons. The average Bonchev–Trinajstić information content (AvgIpc) is 2.88. The van der Waals surface area contributed by atoms with Crippen molar-refractivity contribution in [3.8, 4) is 0 Å². The van der Waals surface area contributed by atoms with Crippen LogP contribution in [0, 0.1) is 5.92 Å². The average molecular weight is 331 g/mol. The van der Waals surface area contributed by atoms with Gasteiger partial charge in [0.05, 0.1) is 12.5 Å². The van der Waals surface area contributed by atoms with E-state index in [-0.39, 0.29) is 18.9 Å². The van der Waals surface area contributed by atoms with E-state index >= 15 is 0 Å². The van der Waals surface area contributed by atoms with Gasteiger partial charge in [-0.15, -0.1) is 0 Å². The van der Waals surface area contributed by atoms with E-state index in [9.17, 15) is 19.5 Å². The van der Waals surface area contributed by atoms with Crippen LogP contribution in [-0.2, 0) is 20.9 Å². The number of hydrogen-bond donors (Lipinski definition) is 1. The van der Waals surface area contributed by atoms with Crippen LogP contribution >= 0.6 is 0 Å². The maximum Gasteiger partial charge on any atom is 0.411 e. The molecule has 128 valence electrons. The van der Waals surface area contributed by atoms with Gasteiger partial charge in [-0.05, 0) is 25.8 Å². The molecule has 2 rings (SSSR count). The van der Waals surface area contributed by atoms with Gasteiger partial charge in [0.2, 0.25) is 0 Å². The van der Waals surface area contributed by atoms with Crippen LogP contribution in [0.5, 0.6) is 0 Å². The summed E-state index contributed by atoms with van der Waals surface area (Å²) in [4.78, 5) is 37.0. The zero-order valence-electron chi connectivity index (χ0n) is 13.8. The van der Waals surface area contributed by atoms with Crippen molar-refractivity contribution in [2.24, 2.45) is 5.92 Å². The Bertz CT molecular complexity index is 649. The number of amides is 1. The first-order valence-electron chi connectivity index (χ1n) is 7.76. The van der Waals surface area contributed by atoms with E-state index < -0.39 is 24.0 Å². The van der Waals surface area contributed by atoms with Gasteiger partial charge >= 0.3 is 12.1 Å². The summed E-state index contributed by atoms with van der Waals surface area (Å²) in [6.07, 6.45) is 1.34. The standard InChI is InChI=1S/C18H21NO5/c1-12(2)8-9-14-15(20)10-19(16(14)17(21)22)18(23)24-11-13-6-4-3-5-7-13/h3-8,14,16H,9-11H2,1-2H3,(H,21,22)/t14-,16-/m0/s1. The maximum atomic E-state index is 12.2. The minimum atomic E-state index is -1.19. The number of aliphatic carboxylic acids is 1. The second kappa shape index (κ2) is 7.77. The number of hydrogen-bond acceptors (Lipinski definition) is 4. The SMILES string of the molecule is CC(C)=CC[C@H]1C(=O)CN(C(=O)OCc2ccccc2)[C@@H]1C(=O)O. The summed E-state index contributed by atoms with van der Waals surface area (Å²) in [5.41, 5.74) is 1.79. The predicted molar refractivity (Wildman–Crippen MR) is 87.3 cm³/mol. The Morgan fingerprint density at radius 2 is 1.96 bits per heavy atom. The molecule has 2 atom stereocenters. The molecule has 1 amide bonds. The van der Waals surface area contributed by atoms with E-state index in [1.165, 1.54) is 0 Å². The Labute approximate surface area is 140 Å². The fourth-order valence-corrected chi connectivity index (χ4v) is 2.69. The fourth-order valence-electron chi connectivity index (χ4n) is 2.69. The lowest BCUT2D eigenvalue weighted by Crippen LogP contribution is -2.43. The highest BCUT2D eigenvalue weighted by atomic mass is 16.6. The number of carbonyl (C=O) groups is 3. The van der Waals surface area contributed by atoms with Crippen LogP contribution in [0.2, 0.25) is 0 Å². The highest BCUT2D eigenvalue weighted by Crippen LogP contribution is 2.26. The van der Waals surface area contributed by atoms with Crippen molar-refractivity contribution in [2.75, 3.05) is 6.54 Å². The minimum Gasteiger partial charge on any atom is -0.480 e. The lowest BCUT2D eigenvalue weighted by molar-refractivity contribution is -0.143. The first-order chi connectivity index (χ1) is 11.4. The smallest absolute Gasteiger partial charge is 0.411 e. The van der Waals surface area contributed by atoms with Gasteiger partial charge in [-0.25, -0.2) is 9.59 Å². The van der Waals surface area contributed by atoms with Crippen molar-refractivity contribution in [3.63, 3.8) is 0 Å². The number of likely N-dealkylation sites (tertiary alicyclic amines) is 1. The third-order valence-electron chi connectivity index (χ3n) is 3.93. The summed E-state index contributed by atoms with van der Waals surface area (Å²) < 4.78 is 5.17. The predicted octanol–water partition coefficient (Wildman–Crippen LogP) is 2.63. The third kappa shape index (κ3) is 4.22. The quantitative estimate of drug-likeness (QED) is 0.839. The van der Waals surface area contributed by atoms with Crippen molar-refractivity contribution in [1.82, 2.24) is 4.90 Å². The monoisotopic (exact) mass is 331 g/mol. The number of Topliss-reactive ketones (excluding diaryl/α,β-unsaturated/α-hetero) is 1. The van der Waals surface area contributed by atoms with E-state index in [0.717, 1.165) is 16.0 Å². The van der Waals surface area contributed by atoms with Gasteiger partial charge < -0.3 is 9.84 Å². The molecule has 6 heteroatoms. The number of rotatable bonds is 5. The molecule has 0 saturated carbocycles. The maximum absolute atomic E-state index is 12.2. The third-order valence-corrected chi connectivity index (χ3v) is 3.93. The van der Waals surface area contributed by atoms with Crippen LogP contribution in [0.3, 0.4) is 0 Å². The Morgan fingerprint density at radius 3 is 2.54 bits per heavy atom. The summed E-state index contributed by atoms with van der Waals surface area (Å²) in [5, 5.41) is 9.45. The molecular weight excluding hydrogens is 310 g/mol. The van der Waals surface area contributed by atoms with Crippen LogP contribution in [0.1, 0.15) is 25.8 Å². The Balaban J connectivity index is 2.07. The summed E-state index contributed by atoms with van der Waals surface area (Å²) in [7, 11) is 0. The molecule has 24 heavy (non-hydrogen) atoms. The molecule has 1 N–H and O–H groups in total. The molecule has 1 aromatic carbocycles. The normalized spacial score (nSPS) is 19.9. The minimum absolute atomic E-state index is 0.0370. The number of ether oxygens (including phenoxy) is 1. The first kappa shape index (κ1) is 17.7. The van der Waals surface area contributed by atoms with E-state index in [0.29, 0.717) is 6.42 Å². The lowest BCUT2D eigenvalue weighted by Gasteiger charge is -2.22. The molecule has 1 fully saturated rings. The molecule has 6 nitrogen and oxygen atoms in total. The molecule has 1 aliphatic heterocycles. The number of carboxylic acids is 1. The van der Waals surface area contributed by atoms with Crippen LogP contribution < -0.4 is 0 Å². The van der Waals surface area contributed by atoms with Crippen LogP contribution in [0.15, 0.2) is 42.0 Å². The van der Waals surface area contributed by atoms with E-state index in [1.54, 1.807) is 12.1 Å². The van der Waals surface area contributed by atoms with Crippen molar-refractivity contribution in [1.29, 1.82) is 0 Å². The summed E-state index contributed by atoms with van der Waals surface area (Å²) in [6, 6.07) is 7.90. The van der Waals surface area contributed by atoms with Crippen molar-refractivity contribution in [3.05, 3.63) is 47.5 Å². The largest absolute Gasteiger partial charge is 0.480 e. The molecular formula is C18H21NO5. The van der Waals surface area contributed by atoms with Crippen molar-refractivity contribution in [2.45, 2.75) is 32.9 Å². The van der Waals surface area contributed by atoms with E-state index in [1.807, 2.05) is 38.1 Å². The van der Waals surface area contributed by atoms with Gasteiger partial charge in [0.1, 0.15) is 12.6 Å². The Hall–Kier alpha value is -2.63. The molecule has 1 aliphatic rings. The van der Waals surface area contributed by atoms with Gasteiger partial charge in [-0.2, -0.15) is 0 Å². The Morgan fingerprint density at radius 1 is 1.29 bits per heavy atom. The number of carbonyl (C=O) groups excluding carboxylic acids is 2. The zero-order chi connectivity index (χ0) is 17.7. The molecule has 0 unspecified atom stereocenters. The van der Waals surface area contributed by atoms with Gasteiger partial charge in [-0.1, -0.05) is 42.0 Å². The molecule has 0 aromatic heterocycles. The van der Waals surface area contributed by atoms with Crippen LogP contribution in [0.25, 0.3) is 0 Å². The van der Waals surface area contributed by atoms with Gasteiger partial charge in [-0.3, -0.25) is 9.69 Å². The number of benzene rings is 1. The summed E-state index contributed by atoms with van der Waals surface area (Å²) >= 11 is 0. The van der Waals surface area contributed by atoms with Crippen molar-refractivity contribution >= 4 is 17.8 Å². The van der Waals surface area contributed by atoms with Gasteiger partial charge in [0.15, 0.2) is 5.78 Å². The summed E-state index contributed by atoms with van der Waals surface area (Å²) in [6.45, 7) is 3.56. The number of allylic oxidation sites excluding steroid dienone is 2. The van der Waals surface area contributed by atoms with Gasteiger partial charge in [0, 0.05) is 0 Å². The second-order valence-corrected chi connectivity index (χ2v) is 6.04. The number of carboxylic acid groups (broad SMARTS) is 1. The molecule has 1 aromatic rings. The van der Waals surface area contributed by atoms with Crippen molar-refractivity contribution < 1.29 is 24.2 Å². The number of ketones is 1. The topological polar surface area (TPSA) is 83.9 Å². The summed E-state index contributed by atoms with van der Waals surface area (Å²) in [5.74, 6) is -2.18. The Kier molecular flexibility index (Phi) is 5.73. The van der Waals surface area contributed by atoms with Crippen LogP contribution in [0.4, 0.5) is 4.79 Å². The molecule has 0 bridgehead atoms. The van der Waals surface area contributed by atoms with Gasteiger partial charge in [0.25, 0.3) is 0 Å². The highest BCUT2D eigenvalue weighted by Gasteiger charge is 2.47. The fraction of sp³-hybridized carbons (Fsp3) is 0.389. The molecule has 1 heterocycles. The first-order valence-corrected chi connectivity index (χ1v) is 7.76. The molecule has 1 saturated heterocycles. The van der Waals surface area contributed by atoms with Crippen LogP contribution in [-0.4, -0.2) is 40.4 Å². The molecule has 0 aliphatic carbocycles. The molecule has 0 spiro atoms. The number of nitrogens with zero attached hydrogens (tertiary/aromatic N) is 1. The zero-order valence-corrected chi connectivity index (χ0v) is 13.8. The van der Waals surface area contributed by atoms with E-state index in [4.69, 9.17) is 4.74 Å².